The molecule has 1 fully saturated rings. The van der Waals surface area contributed by atoms with E-state index in [9.17, 15) is 9.59 Å². The van der Waals surface area contributed by atoms with Crippen molar-refractivity contribution in [3.8, 4) is 0 Å². The first-order valence-corrected chi connectivity index (χ1v) is 9.24. The maximum absolute atomic E-state index is 11.8. The van der Waals surface area contributed by atoms with Gasteiger partial charge in [0.25, 0.3) is 0 Å². The lowest BCUT2D eigenvalue weighted by Gasteiger charge is -2.22. The van der Waals surface area contributed by atoms with Crippen molar-refractivity contribution in [2.24, 2.45) is 5.73 Å². The maximum Gasteiger partial charge on any atom is 0.248 e. The molecule has 0 saturated heterocycles. The van der Waals surface area contributed by atoms with E-state index in [2.05, 4.69) is 5.32 Å². The molecule has 3 N–H and O–H groups in total. The maximum atomic E-state index is 11.8. The van der Waals surface area contributed by atoms with Crippen molar-refractivity contribution < 1.29 is 9.59 Å². The number of hydrogen-bond donors (Lipinski definition) is 2. The normalized spacial score (nSPS) is 14.0. The Hall–Kier alpha value is -2.62. The second kappa shape index (κ2) is 10.4. The SMILES string of the molecule is Cc1ccc(C(N)=O)cc1.O=C(Cc1ccccc1)NC1CCCCC1. The van der Waals surface area contributed by atoms with Gasteiger partial charge in [-0.25, -0.2) is 0 Å². The van der Waals surface area contributed by atoms with Crippen LogP contribution in [0, 0.1) is 6.92 Å². The van der Waals surface area contributed by atoms with Gasteiger partial charge in [-0.05, 0) is 37.5 Å². The van der Waals surface area contributed by atoms with Crippen LogP contribution in [0.3, 0.4) is 0 Å². The van der Waals surface area contributed by atoms with Gasteiger partial charge in [-0.2, -0.15) is 0 Å². The number of benzene rings is 2. The van der Waals surface area contributed by atoms with Gasteiger partial charge in [0.1, 0.15) is 0 Å². The van der Waals surface area contributed by atoms with Crippen LogP contribution in [0.5, 0.6) is 0 Å². The Kier molecular flexibility index (Phi) is 7.87. The largest absolute Gasteiger partial charge is 0.366 e. The average molecular weight is 352 g/mol. The molecular weight excluding hydrogens is 324 g/mol. The first-order valence-electron chi connectivity index (χ1n) is 9.24. The van der Waals surface area contributed by atoms with Crippen LogP contribution in [-0.4, -0.2) is 17.9 Å². The van der Waals surface area contributed by atoms with Crippen LogP contribution in [0.2, 0.25) is 0 Å². The van der Waals surface area contributed by atoms with Crippen molar-refractivity contribution >= 4 is 11.8 Å². The summed E-state index contributed by atoms with van der Waals surface area (Å²) in [5.41, 5.74) is 7.81. The predicted molar refractivity (Wildman–Crippen MR) is 105 cm³/mol. The summed E-state index contributed by atoms with van der Waals surface area (Å²) in [6.07, 6.45) is 6.66. The minimum Gasteiger partial charge on any atom is -0.366 e. The zero-order valence-corrected chi connectivity index (χ0v) is 15.4. The fourth-order valence-corrected chi connectivity index (χ4v) is 3.02. The molecule has 1 aliphatic rings. The Balaban J connectivity index is 0.000000209. The van der Waals surface area contributed by atoms with Crippen LogP contribution in [0.4, 0.5) is 0 Å². The van der Waals surface area contributed by atoms with E-state index in [4.69, 9.17) is 5.73 Å². The van der Waals surface area contributed by atoms with Crippen molar-refractivity contribution in [1.29, 1.82) is 0 Å². The molecule has 0 radical (unpaired) electrons. The number of rotatable bonds is 4. The lowest BCUT2D eigenvalue weighted by atomic mass is 9.95. The van der Waals surface area contributed by atoms with E-state index < -0.39 is 0 Å². The molecule has 3 rings (SSSR count). The monoisotopic (exact) mass is 352 g/mol. The molecule has 0 aliphatic heterocycles. The smallest absolute Gasteiger partial charge is 0.248 e. The molecule has 0 unspecified atom stereocenters. The molecule has 2 amide bonds. The second-order valence-corrected chi connectivity index (χ2v) is 6.80. The summed E-state index contributed by atoms with van der Waals surface area (Å²) in [6.45, 7) is 1.96. The number of nitrogens with one attached hydrogen (secondary N) is 1. The van der Waals surface area contributed by atoms with Gasteiger partial charge < -0.3 is 11.1 Å². The number of nitrogens with two attached hydrogens (primary N) is 1. The number of hydrogen-bond acceptors (Lipinski definition) is 2. The Morgan fingerprint density at radius 2 is 1.58 bits per heavy atom. The molecule has 4 heteroatoms. The van der Waals surface area contributed by atoms with Crippen LogP contribution in [0.1, 0.15) is 53.6 Å². The van der Waals surface area contributed by atoms with Crippen molar-refractivity contribution in [2.75, 3.05) is 0 Å². The summed E-state index contributed by atoms with van der Waals surface area (Å²) >= 11 is 0. The van der Waals surface area contributed by atoms with Gasteiger partial charge in [-0.3, -0.25) is 9.59 Å². The van der Waals surface area contributed by atoms with E-state index in [1.54, 1.807) is 12.1 Å². The highest BCUT2D eigenvalue weighted by atomic mass is 16.2. The minimum absolute atomic E-state index is 0.165. The summed E-state index contributed by atoms with van der Waals surface area (Å²) in [4.78, 5) is 22.3. The Bertz CT molecular complexity index is 690. The molecule has 0 atom stereocenters. The van der Waals surface area contributed by atoms with E-state index in [0.717, 1.165) is 24.0 Å². The van der Waals surface area contributed by atoms with Crippen LogP contribution < -0.4 is 11.1 Å². The predicted octanol–water partition coefficient (Wildman–Crippen LogP) is 3.77. The lowest BCUT2D eigenvalue weighted by Crippen LogP contribution is -2.37. The summed E-state index contributed by atoms with van der Waals surface area (Å²) in [5, 5.41) is 3.13. The molecule has 0 bridgehead atoms. The zero-order valence-electron chi connectivity index (χ0n) is 15.4. The summed E-state index contributed by atoms with van der Waals surface area (Å²) in [7, 11) is 0. The number of carbonyl (C=O) groups is 2. The van der Waals surface area contributed by atoms with Gasteiger partial charge in [0.2, 0.25) is 11.8 Å². The number of aryl methyl sites for hydroxylation is 1. The third-order valence-corrected chi connectivity index (χ3v) is 4.51. The van der Waals surface area contributed by atoms with Crippen LogP contribution in [-0.2, 0) is 11.2 Å². The van der Waals surface area contributed by atoms with E-state index in [1.807, 2.05) is 49.4 Å². The van der Waals surface area contributed by atoms with Crippen molar-refractivity contribution in [2.45, 2.75) is 51.5 Å². The highest BCUT2D eigenvalue weighted by Crippen LogP contribution is 2.17. The molecular formula is C22H28N2O2. The van der Waals surface area contributed by atoms with Gasteiger partial charge in [-0.1, -0.05) is 67.3 Å². The first-order chi connectivity index (χ1) is 12.5. The topological polar surface area (TPSA) is 72.2 Å². The second-order valence-electron chi connectivity index (χ2n) is 6.80. The van der Waals surface area contributed by atoms with Crippen LogP contribution in [0.25, 0.3) is 0 Å². The van der Waals surface area contributed by atoms with Gasteiger partial charge in [-0.15, -0.1) is 0 Å². The van der Waals surface area contributed by atoms with E-state index in [0.29, 0.717) is 18.0 Å². The molecule has 0 aromatic heterocycles. The Morgan fingerprint density at radius 3 is 2.15 bits per heavy atom. The van der Waals surface area contributed by atoms with E-state index >= 15 is 0 Å². The average Bonchev–Trinajstić information content (AvgIpc) is 2.64. The molecule has 1 aliphatic carbocycles. The van der Waals surface area contributed by atoms with Crippen LogP contribution in [0.15, 0.2) is 54.6 Å². The highest BCUT2D eigenvalue weighted by Gasteiger charge is 2.15. The van der Waals surface area contributed by atoms with Crippen molar-refractivity contribution in [3.05, 3.63) is 71.3 Å². The van der Waals surface area contributed by atoms with Gasteiger partial charge in [0, 0.05) is 11.6 Å². The molecule has 1 saturated carbocycles. The first kappa shape index (κ1) is 19.7. The minimum atomic E-state index is -0.375. The summed E-state index contributed by atoms with van der Waals surface area (Å²) < 4.78 is 0. The van der Waals surface area contributed by atoms with Crippen LogP contribution >= 0.6 is 0 Å². The quantitative estimate of drug-likeness (QED) is 0.879. The summed E-state index contributed by atoms with van der Waals surface area (Å²) in [6, 6.07) is 17.5. The molecule has 2 aromatic carbocycles. The number of carbonyl (C=O) groups excluding carboxylic acids is 2. The fraction of sp³-hybridized carbons (Fsp3) is 0.364. The van der Waals surface area contributed by atoms with Crippen molar-refractivity contribution in [1.82, 2.24) is 5.32 Å². The molecule has 4 nitrogen and oxygen atoms in total. The fourth-order valence-electron chi connectivity index (χ4n) is 3.02. The third-order valence-electron chi connectivity index (χ3n) is 4.51. The van der Waals surface area contributed by atoms with E-state index in [1.165, 1.54) is 19.3 Å². The molecule has 138 valence electrons. The molecule has 26 heavy (non-hydrogen) atoms. The standard InChI is InChI=1S/C14H19NO.C8H9NO/c16-14(11-12-7-3-1-4-8-12)15-13-9-5-2-6-10-13;1-6-2-4-7(5-3-6)8(9)10/h1,3-4,7-8,13H,2,5-6,9-11H2,(H,15,16);2-5H,1H3,(H2,9,10). The number of amides is 2. The highest BCUT2D eigenvalue weighted by molar-refractivity contribution is 5.92. The zero-order chi connectivity index (χ0) is 18.8. The third kappa shape index (κ3) is 7.09. The summed E-state index contributed by atoms with van der Waals surface area (Å²) in [5.74, 6) is -0.210. The molecule has 2 aromatic rings. The van der Waals surface area contributed by atoms with Gasteiger partial charge >= 0.3 is 0 Å². The van der Waals surface area contributed by atoms with E-state index in [-0.39, 0.29) is 11.8 Å². The number of primary amides is 1. The van der Waals surface area contributed by atoms with Crippen molar-refractivity contribution in [3.63, 3.8) is 0 Å². The molecule has 0 spiro atoms. The lowest BCUT2D eigenvalue weighted by molar-refractivity contribution is -0.121. The Morgan fingerprint density at radius 1 is 0.962 bits per heavy atom. The Labute approximate surface area is 155 Å². The molecule has 0 heterocycles. The van der Waals surface area contributed by atoms with Gasteiger partial charge in [0.15, 0.2) is 0 Å². The van der Waals surface area contributed by atoms with Gasteiger partial charge in [0.05, 0.1) is 6.42 Å².